The lowest BCUT2D eigenvalue weighted by molar-refractivity contribution is 0.708. The zero-order valence-corrected chi connectivity index (χ0v) is 13.1. The fraction of sp³-hybridized carbons (Fsp3) is 0.357. The van der Waals surface area contributed by atoms with Crippen molar-refractivity contribution in [2.75, 3.05) is 13.1 Å². The standard InChI is InChI=1S/C14H15ClN2.2ClH/c1-9-11-4-6-16-7-5-14(11)17-13-3-2-10(15)8-12(9)13;;/h2-3,8,16H,4-7H2,1H3;2*1H. The van der Waals surface area contributed by atoms with Gasteiger partial charge in [-0.25, -0.2) is 0 Å². The molecular weight excluding hydrogens is 303 g/mol. The van der Waals surface area contributed by atoms with Gasteiger partial charge in [0.2, 0.25) is 0 Å². The minimum atomic E-state index is 0. The largest absolute Gasteiger partial charge is 0.316 e. The average Bonchev–Trinajstić information content (AvgIpc) is 2.56. The second kappa shape index (κ2) is 6.76. The molecule has 0 atom stereocenters. The van der Waals surface area contributed by atoms with Gasteiger partial charge in [-0.3, -0.25) is 4.98 Å². The summed E-state index contributed by atoms with van der Waals surface area (Å²) >= 11 is 6.07. The molecule has 0 amide bonds. The van der Waals surface area contributed by atoms with Gasteiger partial charge in [0.15, 0.2) is 0 Å². The van der Waals surface area contributed by atoms with Gasteiger partial charge in [0, 0.05) is 29.1 Å². The molecule has 0 saturated heterocycles. The van der Waals surface area contributed by atoms with E-state index in [4.69, 9.17) is 16.6 Å². The molecule has 0 radical (unpaired) electrons. The van der Waals surface area contributed by atoms with E-state index in [0.29, 0.717) is 0 Å². The van der Waals surface area contributed by atoms with Crippen LogP contribution in [-0.4, -0.2) is 18.1 Å². The first-order valence-electron chi connectivity index (χ1n) is 6.04. The SMILES string of the molecule is Cc1c2c(nc3ccc(Cl)cc13)CCNCC2.Cl.Cl. The zero-order valence-electron chi connectivity index (χ0n) is 10.7. The van der Waals surface area contributed by atoms with Crippen LogP contribution in [0, 0.1) is 6.92 Å². The first kappa shape index (κ1) is 16.5. The van der Waals surface area contributed by atoms with E-state index in [1.54, 1.807) is 0 Å². The number of aromatic nitrogens is 1. The average molecular weight is 320 g/mol. The maximum Gasteiger partial charge on any atom is 0.0709 e. The molecule has 1 aromatic heterocycles. The summed E-state index contributed by atoms with van der Waals surface area (Å²) in [4.78, 5) is 4.78. The van der Waals surface area contributed by atoms with Crippen molar-refractivity contribution < 1.29 is 0 Å². The van der Waals surface area contributed by atoms with Crippen molar-refractivity contribution in [3.8, 4) is 0 Å². The molecule has 1 N–H and O–H groups in total. The maximum absolute atomic E-state index is 6.07. The van der Waals surface area contributed by atoms with Crippen LogP contribution in [-0.2, 0) is 12.8 Å². The normalized spacial score (nSPS) is 14.0. The lowest BCUT2D eigenvalue weighted by Gasteiger charge is -2.12. The van der Waals surface area contributed by atoms with Gasteiger partial charge in [-0.2, -0.15) is 0 Å². The number of aryl methyl sites for hydroxylation is 1. The zero-order chi connectivity index (χ0) is 11.8. The molecule has 1 aliphatic rings. The van der Waals surface area contributed by atoms with E-state index in [0.717, 1.165) is 36.5 Å². The molecule has 104 valence electrons. The Morgan fingerprint density at radius 1 is 1.16 bits per heavy atom. The van der Waals surface area contributed by atoms with Crippen molar-refractivity contribution >= 4 is 47.3 Å². The summed E-state index contributed by atoms with van der Waals surface area (Å²) in [5, 5.41) is 5.40. The number of benzene rings is 1. The van der Waals surface area contributed by atoms with E-state index in [-0.39, 0.29) is 24.8 Å². The highest BCUT2D eigenvalue weighted by Crippen LogP contribution is 2.26. The van der Waals surface area contributed by atoms with Crippen LogP contribution in [0.5, 0.6) is 0 Å². The van der Waals surface area contributed by atoms with Crippen LogP contribution in [0.15, 0.2) is 18.2 Å². The van der Waals surface area contributed by atoms with Gasteiger partial charge in [0.25, 0.3) is 0 Å². The molecule has 0 fully saturated rings. The summed E-state index contributed by atoms with van der Waals surface area (Å²) in [6.07, 6.45) is 2.09. The fourth-order valence-corrected chi connectivity index (χ4v) is 2.75. The Hall–Kier alpha value is -0.540. The summed E-state index contributed by atoms with van der Waals surface area (Å²) < 4.78 is 0. The molecule has 1 aliphatic heterocycles. The smallest absolute Gasteiger partial charge is 0.0709 e. The molecule has 3 rings (SSSR count). The van der Waals surface area contributed by atoms with Crippen LogP contribution in [0.4, 0.5) is 0 Å². The van der Waals surface area contributed by atoms with Gasteiger partial charge in [-0.05, 0) is 49.2 Å². The third-order valence-electron chi connectivity index (χ3n) is 3.51. The van der Waals surface area contributed by atoms with E-state index in [1.807, 2.05) is 18.2 Å². The van der Waals surface area contributed by atoms with E-state index in [1.165, 1.54) is 22.2 Å². The lowest BCUT2D eigenvalue weighted by atomic mass is 9.98. The van der Waals surface area contributed by atoms with E-state index < -0.39 is 0 Å². The Morgan fingerprint density at radius 3 is 2.68 bits per heavy atom. The Bertz CT molecular complexity index is 584. The van der Waals surface area contributed by atoms with Crippen molar-refractivity contribution in [1.29, 1.82) is 0 Å². The predicted molar refractivity (Wildman–Crippen MR) is 86.3 cm³/mol. The number of pyridine rings is 1. The van der Waals surface area contributed by atoms with E-state index in [2.05, 4.69) is 12.2 Å². The lowest BCUT2D eigenvalue weighted by Crippen LogP contribution is -2.16. The monoisotopic (exact) mass is 318 g/mol. The summed E-state index contributed by atoms with van der Waals surface area (Å²) in [7, 11) is 0. The van der Waals surface area contributed by atoms with Crippen LogP contribution in [0.1, 0.15) is 16.8 Å². The summed E-state index contributed by atoms with van der Waals surface area (Å²) in [5.74, 6) is 0. The fourth-order valence-electron chi connectivity index (χ4n) is 2.58. The summed E-state index contributed by atoms with van der Waals surface area (Å²) in [5.41, 5.74) is 5.07. The van der Waals surface area contributed by atoms with Gasteiger partial charge >= 0.3 is 0 Å². The van der Waals surface area contributed by atoms with Crippen molar-refractivity contribution in [2.24, 2.45) is 0 Å². The molecule has 0 saturated carbocycles. The number of hydrogen-bond acceptors (Lipinski definition) is 2. The van der Waals surface area contributed by atoms with Crippen molar-refractivity contribution in [3.63, 3.8) is 0 Å². The number of hydrogen-bond donors (Lipinski definition) is 1. The molecule has 2 nitrogen and oxygen atoms in total. The van der Waals surface area contributed by atoms with Gasteiger partial charge in [-0.1, -0.05) is 11.6 Å². The van der Waals surface area contributed by atoms with Crippen LogP contribution < -0.4 is 5.32 Å². The molecule has 19 heavy (non-hydrogen) atoms. The Morgan fingerprint density at radius 2 is 1.89 bits per heavy atom. The quantitative estimate of drug-likeness (QED) is 0.800. The number of nitrogens with one attached hydrogen (secondary N) is 1. The summed E-state index contributed by atoms with van der Waals surface area (Å²) in [6.45, 7) is 4.25. The van der Waals surface area contributed by atoms with Crippen molar-refractivity contribution in [2.45, 2.75) is 19.8 Å². The highest BCUT2D eigenvalue weighted by molar-refractivity contribution is 6.31. The number of nitrogens with zero attached hydrogens (tertiary/aromatic N) is 1. The second-order valence-electron chi connectivity index (χ2n) is 4.57. The van der Waals surface area contributed by atoms with Crippen LogP contribution >= 0.6 is 36.4 Å². The third kappa shape index (κ3) is 3.14. The second-order valence-corrected chi connectivity index (χ2v) is 5.01. The predicted octanol–water partition coefficient (Wildman–Crippen LogP) is 3.73. The van der Waals surface area contributed by atoms with Gasteiger partial charge in [0.1, 0.15) is 0 Å². The van der Waals surface area contributed by atoms with Gasteiger partial charge < -0.3 is 5.32 Å². The number of fused-ring (bicyclic) bond motifs is 2. The molecule has 0 unspecified atom stereocenters. The first-order valence-corrected chi connectivity index (χ1v) is 6.42. The molecule has 0 aliphatic carbocycles. The molecular formula is C14H17Cl3N2. The van der Waals surface area contributed by atoms with E-state index >= 15 is 0 Å². The Labute approximate surface area is 130 Å². The van der Waals surface area contributed by atoms with Crippen molar-refractivity contribution in [3.05, 3.63) is 40.0 Å². The molecule has 5 heteroatoms. The molecule has 2 heterocycles. The molecule has 1 aromatic carbocycles. The number of rotatable bonds is 0. The van der Waals surface area contributed by atoms with Crippen molar-refractivity contribution in [1.82, 2.24) is 10.3 Å². The molecule has 0 bridgehead atoms. The Kier molecular flexibility index (Phi) is 5.87. The summed E-state index contributed by atoms with van der Waals surface area (Å²) in [6, 6.07) is 5.96. The molecule has 0 spiro atoms. The topological polar surface area (TPSA) is 24.9 Å². The van der Waals surface area contributed by atoms with Gasteiger partial charge in [0.05, 0.1) is 5.52 Å². The third-order valence-corrected chi connectivity index (χ3v) is 3.74. The van der Waals surface area contributed by atoms with Crippen LogP contribution in [0.2, 0.25) is 5.02 Å². The molecule has 2 aromatic rings. The minimum Gasteiger partial charge on any atom is -0.316 e. The highest BCUT2D eigenvalue weighted by atomic mass is 35.5. The number of halogens is 3. The van der Waals surface area contributed by atoms with Crippen LogP contribution in [0.3, 0.4) is 0 Å². The first-order chi connectivity index (χ1) is 8.25. The van der Waals surface area contributed by atoms with E-state index in [9.17, 15) is 0 Å². The Balaban J connectivity index is 0.000000902. The highest BCUT2D eigenvalue weighted by Gasteiger charge is 2.14. The van der Waals surface area contributed by atoms with Crippen LogP contribution in [0.25, 0.3) is 10.9 Å². The van der Waals surface area contributed by atoms with Gasteiger partial charge in [-0.15, -0.1) is 24.8 Å². The minimum absolute atomic E-state index is 0. The maximum atomic E-state index is 6.07.